The first-order valence-electron chi connectivity index (χ1n) is 6.72. The van der Waals surface area contributed by atoms with Gasteiger partial charge in [0, 0.05) is 11.1 Å². The molecule has 110 valence electrons. The number of nitrogens with two attached hydrogens (primary N) is 1. The normalized spacial score (nSPS) is 10.5. The number of hydrogen-bond donors (Lipinski definition) is 2. The van der Waals surface area contributed by atoms with Gasteiger partial charge < -0.3 is 10.5 Å². The smallest absolute Gasteiger partial charge is 0.130 e. The third kappa shape index (κ3) is 3.40. The van der Waals surface area contributed by atoms with Crippen molar-refractivity contribution in [1.29, 1.82) is 5.41 Å². The lowest BCUT2D eigenvalue weighted by Gasteiger charge is -2.14. The second kappa shape index (κ2) is 5.95. The SMILES string of the molecule is Cc1cc(C)c(OCc2ccc(C(=N)N)cc2F)c(C)c1. The number of aryl methyl sites for hydroxylation is 3. The molecule has 0 aliphatic heterocycles. The summed E-state index contributed by atoms with van der Waals surface area (Å²) in [5, 5.41) is 7.30. The fraction of sp³-hybridized carbons (Fsp3) is 0.235. The van der Waals surface area contributed by atoms with Crippen LogP contribution in [0.25, 0.3) is 0 Å². The highest BCUT2D eigenvalue weighted by atomic mass is 19.1. The molecule has 3 N–H and O–H groups in total. The van der Waals surface area contributed by atoms with Crippen molar-refractivity contribution in [2.45, 2.75) is 27.4 Å². The highest BCUT2D eigenvalue weighted by molar-refractivity contribution is 5.94. The lowest BCUT2D eigenvalue weighted by atomic mass is 10.1. The zero-order chi connectivity index (χ0) is 15.6. The van der Waals surface area contributed by atoms with Crippen molar-refractivity contribution in [3.8, 4) is 5.75 Å². The highest BCUT2D eigenvalue weighted by Crippen LogP contribution is 2.25. The average molecular weight is 286 g/mol. The monoisotopic (exact) mass is 286 g/mol. The molecule has 0 amide bonds. The van der Waals surface area contributed by atoms with Gasteiger partial charge in [-0.05, 0) is 38.0 Å². The van der Waals surface area contributed by atoms with E-state index in [-0.39, 0.29) is 12.4 Å². The number of benzene rings is 2. The lowest BCUT2D eigenvalue weighted by Crippen LogP contribution is -2.12. The zero-order valence-corrected chi connectivity index (χ0v) is 12.5. The van der Waals surface area contributed by atoms with Gasteiger partial charge in [0.1, 0.15) is 24.0 Å². The summed E-state index contributed by atoms with van der Waals surface area (Å²) >= 11 is 0. The third-order valence-corrected chi connectivity index (χ3v) is 3.34. The van der Waals surface area contributed by atoms with E-state index in [9.17, 15) is 4.39 Å². The highest BCUT2D eigenvalue weighted by Gasteiger charge is 2.09. The van der Waals surface area contributed by atoms with Crippen molar-refractivity contribution in [2.24, 2.45) is 5.73 Å². The molecule has 0 aliphatic carbocycles. The van der Waals surface area contributed by atoms with Crippen LogP contribution in [0.2, 0.25) is 0 Å². The van der Waals surface area contributed by atoms with E-state index in [2.05, 4.69) is 0 Å². The fourth-order valence-electron chi connectivity index (χ4n) is 2.38. The summed E-state index contributed by atoms with van der Waals surface area (Å²) in [6.45, 7) is 6.13. The minimum absolute atomic E-state index is 0.147. The molecule has 2 aromatic rings. The number of halogens is 1. The zero-order valence-electron chi connectivity index (χ0n) is 12.5. The number of ether oxygens (including phenoxy) is 1. The van der Waals surface area contributed by atoms with E-state index in [1.807, 2.05) is 32.9 Å². The molecule has 0 bridgehead atoms. The molecule has 3 nitrogen and oxygen atoms in total. The molecule has 4 heteroatoms. The number of nitrogens with one attached hydrogen (secondary N) is 1. The van der Waals surface area contributed by atoms with E-state index < -0.39 is 5.82 Å². The van der Waals surface area contributed by atoms with E-state index in [4.69, 9.17) is 15.9 Å². The van der Waals surface area contributed by atoms with Crippen LogP contribution in [0.1, 0.15) is 27.8 Å². The molecule has 2 rings (SSSR count). The molecule has 0 spiro atoms. The Bertz CT molecular complexity index is 672. The number of rotatable bonds is 4. The van der Waals surface area contributed by atoms with E-state index in [1.165, 1.54) is 11.6 Å². The molecule has 21 heavy (non-hydrogen) atoms. The third-order valence-electron chi connectivity index (χ3n) is 3.34. The Balaban J connectivity index is 2.19. The number of nitrogen functional groups attached to an aromatic ring is 1. The van der Waals surface area contributed by atoms with Gasteiger partial charge in [0.05, 0.1) is 0 Å². The topological polar surface area (TPSA) is 59.1 Å². The molecule has 0 atom stereocenters. The Morgan fingerprint density at radius 3 is 2.29 bits per heavy atom. The molecular formula is C17H19FN2O. The first-order valence-corrected chi connectivity index (χ1v) is 6.72. The first-order chi connectivity index (χ1) is 9.88. The van der Waals surface area contributed by atoms with E-state index in [0.717, 1.165) is 16.9 Å². The van der Waals surface area contributed by atoms with Gasteiger partial charge in [-0.1, -0.05) is 29.8 Å². The van der Waals surface area contributed by atoms with Crippen molar-refractivity contribution >= 4 is 5.84 Å². The van der Waals surface area contributed by atoms with Crippen LogP contribution in [-0.4, -0.2) is 5.84 Å². The molecule has 0 unspecified atom stereocenters. The minimum Gasteiger partial charge on any atom is -0.488 e. The van der Waals surface area contributed by atoms with Crippen LogP contribution < -0.4 is 10.5 Å². The van der Waals surface area contributed by atoms with E-state index in [0.29, 0.717) is 11.1 Å². The van der Waals surface area contributed by atoms with E-state index >= 15 is 0 Å². The Hall–Kier alpha value is -2.36. The summed E-state index contributed by atoms with van der Waals surface area (Å²) < 4.78 is 19.7. The van der Waals surface area contributed by atoms with Crippen LogP contribution >= 0.6 is 0 Å². The first kappa shape index (κ1) is 15.0. The molecule has 0 radical (unpaired) electrons. The predicted octanol–water partition coefficient (Wildman–Crippen LogP) is 3.61. The fourth-order valence-corrected chi connectivity index (χ4v) is 2.38. The van der Waals surface area contributed by atoms with Gasteiger partial charge in [0.25, 0.3) is 0 Å². The number of amidine groups is 1. The molecule has 0 saturated carbocycles. The summed E-state index contributed by atoms with van der Waals surface area (Å²) in [4.78, 5) is 0. The summed E-state index contributed by atoms with van der Waals surface area (Å²) in [7, 11) is 0. The Morgan fingerprint density at radius 1 is 1.14 bits per heavy atom. The summed E-state index contributed by atoms with van der Waals surface area (Å²) in [6.07, 6.45) is 0. The lowest BCUT2D eigenvalue weighted by molar-refractivity contribution is 0.295. The molecule has 0 fully saturated rings. The standard InChI is InChI=1S/C17H19FN2O/c1-10-6-11(2)16(12(3)7-10)21-9-14-5-4-13(17(19)20)8-15(14)18/h4-8H,9H2,1-3H3,(H3,19,20). The second-order valence-electron chi connectivity index (χ2n) is 5.24. The van der Waals surface area contributed by atoms with Crippen LogP contribution in [0.3, 0.4) is 0 Å². The Morgan fingerprint density at radius 2 is 1.76 bits per heavy atom. The van der Waals surface area contributed by atoms with Gasteiger partial charge in [-0.15, -0.1) is 0 Å². The van der Waals surface area contributed by atoms with Gasteiger partial charge in [0.2, 0.25) is 0 Å². The number of hydrogen-bond acceptors (Lipinski definition) is 2. The molecule has 0 saturated heterocycles. The van der Waals surface area contributed by atoms with Crippen LogP contribution in [0.5, 0.6) is 5.75 Å². The van der Waals surface area contributed by atoms with Gasteiger partial charge in [-0.3, -0.25) is 5.41 Å². The summed E-state index contributed by atoms with van der Waals surface area (Å²) in [5.74, 6) is 0.229. The van der Waals surface area contributed by atoms with Crippen LogP contribution in [0.4, 0.5) is 4.39 Å². The van der Waals surface area contributed by atoms with Crippen molar-refractivity contribution in [2.75, 3.05) is 0 Å². The van der Waals surface area contributed by atoms with E-state index in [1.54, 1.807) is 12.1 Å². The van der Waals surface area contributed by atoms with Crippen molar-refractivity contribution in [3.63, 3.8) is 0 Å². The molecular weight excluding hydrogens is 267 g/mol. The van der Waals surface area contributed by atoms with Gasteiger partial charge >= 0.3 is 0 Å². The quantitative estimate of drug-likeness (QED) is 0.666. The Labute approximate surface area is 124 Å². The summed E-state index contributed by atoms with van der Waals surface area (Å²) in [6, 6.07) is 8.56. The maximum absolute atomic E-state index is 13.9. The predicted molar refractivity (Wildman–Crippen MR) is 82.4 cm³/mol. The van der Waals surface area contributed by atoms with Gasteiger partial charge in [-0.25, -0.2) is 4.39 Å². The summed E-state index contributed by atoms with van der Waals surface area (Å²) in [5.41, 5.74) is 9.40. The van der Waals surface area contributed by atoms with Crippen LogP contribution in [0.15, 0.2) is 30.3 Å². The average Bonchev–Trinajstić information content (AvgIpc) is 2.38. The minimum atomic E-state index is -0.412. The van der Waals surface area contributed by atoms with Crippen molar-refractivity contribution in [1.82, 2.24) is 0 Å². The second-order valence-corrected chi connectivity index (χ2v) is 5.24. The molecule has 0 heterocycles. The van der Waals surface area contributed by atoms with Crippen molar-refractivity contribution in [3.05, 3.63) is 64.0 Å². The maximum atomic E-state index is 13.9. The van der Waals surface area contributed by atoms with Gasteiger partial charge in [0.15, 0.2) is 0 Å². The molecule has 2 aromatic carbocycles. The van der Waals surface area contributed by atoms with Gasteiger partial charge in [-0.2, -0.15) is 0 Å². The van der Waals surface area contributed by atoms with Crippen molar-refractivity contribution < 1.29 is 9.13 Å². The molecule has 0 aromatic heterocycles. The largest absolute Gasteiger partial charge is 0.488 e. The molecule has 0 aliphatic rings. The Kier molecular flexibility index (Phi) is 4.26. The van der Waals surface area contributed by atoms with Crippen LogP contribution in [-0.2, 0) is 6.61 Å². The maximum Gasteiger partial charge on any atom is 0.130 e. The van der Waals surface area contributed by atoms with Crippen LogP contribution in [0, 0.1) is 32.0 Å².